The van der Waals surface area contributed by atoms with Crippen LogP contribution in [0.3, 0.4) is 0 Å². The lowest BCUT2D eigenvalue weighted by Gasteiger charge is -2.37. The largest absolute Gasteiger partial charge is 0.481 e. The van der Waals surface area contributed by atoms with E-state index >= 15 is 0 Å². The maximum absolute atomic E-state index is 15.0. The molecule has 3 atom stereocenters. The molecule has 1 aliphatic heterocycles. The molecule has 2 fully saturated rings. The van der Waals surface area contributed by atoms with Gasteiger partial charge in [-0.15, -0.1) is 5.10 Å². The van der Waals surface area contributed by atoms with Gasteiger partial charge in [-0.3, -0.25) is 14.4 Å². The molecule has 0 spiro atoms. The van der Waals surface area contributed by atoms with Crippen molar-refractivity contribution in [3.05, 3.63) is 53.1 Å². The highest BCUT2D eigenvalue weighted by atomic mass is 32.2. The van der Waals surface area contributed by atoms with E-state index in [2.05, 4.69) is 15.6 Å². The molecule has 0 amide bonds. The van der Waals surface area contributed by atoms with Gasteiger partial charge < -0.3 is 10.4 Å². The molecule has 2 aliphatic rings. The first-order valence-corrected chi connectivity index (χ1v) is 12.7. The summed E-state index contributed by atoms with van der Waals surface area (Å²) in [5.74, 6) is -2.09. The van der Waals surface area contributed by atoms with Crippen molar-refractivity contribution in [2.75, 3.05) is 6.54 Å². The number of hydrogen-bond donors (Lipinski definition) is 2. The molecule has 3 unspecified atom stereocenters. The number of aryl methyl sites for hydroxylation is 1. The number of carboxylic acid groups (broad SMARTS) is 1. The van der Waals surface area contributed by atoms with E-state index in [0.29, 0.717) is 37.2 Å². The highest BCUT2D eigenvalue weighted by Gasteiger charge is 2.44. The predicted octanol–water partition coefficient (Wildman–Crippen LogP) is 3.44. The molecule has 1 saturated heterocycles. The van der Waals surface area contributed by atoms with Crippen molar-refractivity contribution in [1.29, 1.82) is 0 Å². The lowest BCUT2D eigenvalue weighted by Crippen LogP contribution is -2.48. The van der Waals surface area contributed by atoms with Crippen LogP contribution in [-0.2, 0) is 20.9 Å². The number of carboxylic acids is 1. The molecule has 4 rings (SSSR count). The molecular formula is C25H29FN4O4S. The summed E-state index contributed by atoms with van der Waals surface area (Å²) in [5.41, 5.74) is 1.83. The Morgan fingerprint density at radius 1 is 1.29 bits per heavy atom. The van der Waals surface area contributed by atoms with E-state index in [1.807, 2.05) is 6.08 Å². The first kappa shape index (κ1) is 25.2. The molecule has 1 aliphatic carbocycles. The Balaban J connectivity index is 1.75. The number of aliphatic carboxylic acids is 1. The standard InChI is InChI=1S/C25H29FN4O4S/c1-15(31)35-21-10-11-27-24(19(21)13-17-14-28-29-30(17)12-4-7-22(32)33)23(25(34)16-8-9-16)18-5-2-3-6-20(18)26/h2-3,5-6,13-14,16,21,23-24,27H,4,7-12H2,1H3,(H,32,33)/b19-13+. The van der Waals surface area contributed by atoms with Gasteiger partial charge in [0.25, 0.3) is 0 Å². The van der Waals surface area contributed by atoms with Gasteiger partial charge in [0.05, 0.1) is 17.8 Å². The van der Waals surface area contributed by atoms with Crippen LogP contribution in [-0.4, -0.2) is 54.8 Å². The number of carbonyl (C=O) groups excluding carboxylic acids is 2. The topological polar surface area (TPSA) is 114 Å². The van der Waals surface area contributed by atoms with E-state index in [9.17, 15) is 18.8 Å². The molecule has 0 radical (unpaired) electrons. The highest BCUT2D eigenvalue weighted by molar-refractivity contribution is 8.14. The third kappa shape index (κ3) is 6.24. The summed E-state index contributed by atoms with van der Waals surface area (Å²) in [6, 6.07) is 5.89. The fourth-order valence-corrected chi connectivity index (χ4v) is 5.61. The molecule has 2 aromatic rings. The van der Waals surface area contributed by atoms with Gasteiger partial charge in [0.1, 0.15) is 11.6 Å². The van der Waals surface area contributed by atoms with Crippen LogP contribution in [0.5, 0.6) is 0 Å². The second-order valence-electron chi connectivity index (χ2n) is 9.02. The summed E-state index contributed by atoms with van der Waals surface area (Å²) in [7, 11) is 0. The summed E-state index contributed by atoms with van der Waals surface area (Å²) in [6.07, 6.45) is 6.15. The number of aromatic nitrogens is 3. The van der Waals surface area contributed by atoms with Crippen LogP contribution in [0.1, 0.15) is 56.2 Å². The zero-order valence-electron chi connectivity index (χ0n) is 19.5. The third-order valence-corrected chi connectivity index (χ3v) is 7.52. The molecule has 1 saturated carbocycles. The zero-order chi connectivity index (χ0) is 24.9. The summed E-state index contributed by atoms with van der Waals surface area (Å²) >= 11 is 1.21. The normalized spacial score (nSPS) is 22.2. The second-order valence-corrected chi connectivity index (χ2v) is 10.4. The van der Waals surface area contributed by atoms with E-state index < -0.39 is 23.7 Å². The molecule has 10 heteroatoms. The number of piperidine rings is 1. The highest BCUT2D eigenvalue weighted by Crippen LogP contribution is 2.42. The van der Waals surface area contributed by atoms with E-state index in [4.69, 9.17) is 5.11 Å². The van der Waals surface area contributed by atoms with Gasteiger partial charge in [-0.05, 0) is 49.9 Å². The number of Topliss-reactive ketones (excluding diaryl/α,β-unsaturated/α-hetero) is 1. The second kappa shape index (κ2) is 11.3. The van der Waals surface area contributed by atoms with Crippen molar-refractivity contribution >= 4 is 34.7 Å². The van der Waals surface area contributed by atoms with E-state index in [1.54, 1.807) is 29.1 Å². The van der Waals surface area contributed by atoms with Gasteiger partial charge in [0.15, 0.2) is 5.12 Å². The number of carbonyl (C=O) groups is 3. The van der Waals surface area contributed by atoms with Crippen molar-refractivity contribution in [2.24, 2.45) is 5.92 Å². The SMILES string of the molecule is CC(=O)SC1CCNC(C(C(=O)C2CC2)c2ccccc2F)/C1=C/c1cnnn1CCCC(=O)O. The maximum atomic E-state index is 15.0. The number of nitrogens with zero attached hydrogens (tertiary/aromatic N) is 3. The average Bonchev–Trinajstić information content (AvgIpc) is 3.57. The summed E-state index contributed by atoms with van der Waals surface area (Å²) < 4.78 is 16.6. The smallest absolute Gasteiger partial charge is 0.303 e. The molecule has 186 valence electrons. The predicted molar refractivity (Wildman–Crippen MR) is 130 cm³/mol. The quantitative estimate of drug-likeness (QED) is 0.510. The number of benzene rings is 1. The fraction of sp³-hybridized carbons (Fsp3) is 0.480. The van der Waals surface area contributed by atoms with Gasteiger partial charge in [0.2, 0.25) is 0 Å². The number of thioether (sulfide) groups is 1. The molecule has 0 bridgehead atoms. The Labute approximate surface area is 207 Å². The minimum atomic E-state index is -0.884. The first-order valence-electron chi connectivity index (χ1n) is 11.9. The number of rotatable bonds is 10. The van der Waals surface area contributed by atoms with E-state index in [1.165, 1.54) is 24.8 Å². The maximum Gasteiger partial charge on any atom is 0.303 e. The number of halogens is 1. The first-order chi connectivity index (χ1) is 16.8. The van der Waals surface area contributed by atoms with Gasteiger partial charge in [-0.1, -0.05) is 35.2 Å². The fourth-order valence-electron chi connectivity index (χ4n) is 4.62. The van der Waals surface area contributed by atoms with Crippen molar-refractivity contribution < 1.29 is 23.9 Å². The molecule has 2 N–H and O–H groups in total. The van der Waals surface area contributed by atoms with Gasteiger partial charge in [-0.2, -0.15) is 0 Å². The Morgan fingerprint density at radius 3 is 2.74 bits per heavy atom. The molecule has 1 aromatic carbocycles. The monoisotopic (exact) mass is 500 g/mol. The third-order valence-electron chi connectivity index (χ3n) is 6.39. The van der Waals surface area contributed by atoms with Crippen molar-refractivity contribution in [3.8, 4) is 0 Å². The lowest BCUT2D eigenvalue weighted by atomic mass is 9.78. The van der Waals surface area contributed by atoms with Crippen LogP contribution in [0, 0.1) is 11.7 Å². The lowest BCUT2D eigenvalue weighted by molar-refractivity contribution is -0.137. The number of hydrogen-bond acceptors (Lipinski definition) is 7. The van der Waals surface area contributed by atoms with Crippen molar-refractivity contribution in [3.63, 3.8) is 0 Å². The molecule has 1 aromatic heterocycles. The Morgan fingerprint density at radius 2 is 2.06 bits per heavy atom. The van der Waals surface area contributed by atoms with Crippen LogP contribution < -0.4 is 5.32 Å². The number of ketones is 1. The molecule has 35 heavy (non-hydrogen) atoms. The van der Waals surface area contributed by atoms with E-state index in [0.717, 1.165) is 18.4 Å². The molecule has 8 nitrogen and oxygen atoms in total. The average molecular weight is 501 g/mol. The van der Waals surface area contributed by atoms with Gasteiger partial charge in [0, 0.05) is 42.7 Å². The van der Waals surface area contributed by atoms with Crippen LogP contribution in [0.25, 0.3) is 6.08 Å². The zero-order valence-corrected chi connectivity index (χ0v) is 20.3. The van der Waals surface area contributed by atoms with Crippen LogP contribution in [0.2, 0.25) is 0 Å². The Bertz CT molecular complexity index is 1130. The van der Waals surface area contributed by atoms with Crippen LogP contribution in [0.15, 0.2) is 36.0 Å². The number of nitrogens with one attached hydrogen (secondary N) is 1. The van der Waals surface area contributed by atoms with Gasteiger partial charge >= 0.3 is 5.97 Å². The summed E-state index contributed by atoms with van der Waals surface area (Å²) in [5, 5.41) is 20.2. The summed E-state index contributed by atoms with van der Waals surface area (Å²) in [4.78, 5) is 36.5. The van der Waals surface area contributed by atoms with Crippen molar-refractivity contribution in [2.45, 2.75) is 62.8 Å². The van der Waals surface area contributed by atoms with Crippen molar-refractivity contribution in [1.82, 2.24) is 20.3 Å². The van der Waals surface area contributed by atoms with Crippen LogP contribution in [0.4, 0.5) is 4.39 Å². The Kier molecular flexibility index (Phi) is 8.12. The van der Waals surface area contributed by atoms with Crippen LogP contribution >= 0.6 is 11.8 Å². The van der Waals surface area contributed by atoms with Gasteiger partial charge in [-0.25, -0.2) is 9.07 Å². The summed E-state index contributed by atoms with van der Waals surface area (Å²) in [6.45, 7) is 2.47. The Hall–Kier alpha value is -2.85. The minimum Gasteiger partial charge on any atom is -0.481 e. The molecular weight excluding hydrogens is 471 g/mol. The van der Waals surface area contributed by atoms with E-state index in [-0.39, 0.29) is 28.5 Å². The minimum absolute atomic E-state index is 0.00805. The molecule has 2 heterocycles.